The summed E-state index contributed by atoms with van der Waals surface area (Å²) in [6, 6.07) is 14.3. The van der Waals surface area contributed by atoms with Crippen molar-refractivity contribution in [1.82, 2.24) is 4.98 Å². The van der Waals surface area contributed by atoms with E-state index in [0.717, 1.165) is 12.1 Å². The zero-order valence-corrected chi connectivity index (χ0v) is 16.3. The van der Waals surface area contributed by atoms with Crippen LogP contribution in [0.5, 0.6) is 5.75 Å². The first kappa shape index (κ1) is 20.7. The number of ether oxygens (including phenoxy) is 1. The van der Waals surface area contributed by atoms with Crippen molar-refractivity contribution in [2.24, 2.45) is 0 Å². The highest BCUT2D eigenvalue weighted by molar-refractivity contribution is 6.30. The summed E-state index contributed by atoms with van der Waals surface area (Å²) in [5.74, 6) is -0.185. The van der Waals surface area contributed by atoms with Gasteiger partial charge in [0.1, 0.15) is 11.6 Å². The van der Waals surface area contributed by atoms with Crippen molar-refractivity contribution < 1.29 is 22.7 Å². The van der Waals surface area contributed by atoms with Gasteiger partial charge in [-0.3, -0.25) is 0 Å². The van der Waals surface area contributed by atoms with Crippen LogP contribution in [0.25, 0.3) is 11.3 Å². The summed E-state index contributed by atoms with van der Waals surface area (Å²) in [4.78, 5) is 18.2. The number of alkyl halides is 3. The molecule has 0 aliphatic carbocycles. The molecule has 0 atom stereocenters. The summed E-state index contributed by atoms with van der Waals surface area (Å²) in [5.41, 5.74) is -0.169. The number of hydrogen-bond acceptors (Lipinski definition) is 4. The maximum atomic E-state index is 13.3. The Morgan fingerprint density at radius 2 is 1.72 bits per heavy atom. The second-order valence-electron chi connectivity index (χ2n) is 6.42. The van der Waals surface area contributed by atoms with Crippen LogP contribution in [0.2, 0.25) is 5.02 Å². The number of aromatic nitrogens is 1. The van der Waals surface area contributed by atoms with E-state index < -0.39 is 17.7 Å². The summed E-state index contributed by atoms with van der Waals surface area (Å²) in [7, 11) is 3.21. The molecule has 0 fully saturated rings. The molecule has 0 bridgehead atoms. The number of hydrogen-bond donors (Lipinski definition) is 0. The minimum Gasteiger partial charge on any atom is -0.423 e. The molecule has 3 aromatic rings. The van der Waals surface area contributed by atoms with Crippen LogP contribution < -0.4 is 9.64 Å². The van der Waals surface area contributed by atoms with Gasteiger partial charge in [0, 0.05) is 24.7 Å². The molecule has 0 saturated heterocycles. The number of benzene rings is 2. The minimum absolute atomic E-state index is 0.102. The van der Waals surface area contributed by atoms with Crippen LogP contribution in [0.4, 0.5) is 19.0 Å². The van der Waals surface area contributed by atoms with Crippen molar-refractivity contribution in [1.29, 1.82) is 0 Å². The minimum atomic E-state index is -4.52. The zero-order valence-electron chi connectivity index (χ0n) is 15.5. The highest BCUT2D eigenvalue weighted by Gasteiger charge is 2.32. The summed E-state index contributed by atoms with van der Waals surface area (Å²) >= 11 is 5.80. The van der Waals surface area contributed by atoms with Gasteiger partial charge in [-0.05, 0) is 48.5 Å². The molecule has 2 aromatic carbocycles. The third kappa shape index (κ3) is 5.06. The third-order valence-corrected chi connectivity index (χ3v) is 4.27. The lowest BCUT2D eigenvalue weighted by atomic mass is 10.1. The summed E-state index contributed by atoms with van der Waals surface area (Å²) < 4.78 is 45.1. The van der Waals surface area contributed by atoms with Crippen molar-refractivity contribution >= 4 is 23.4 Å². The van der Waals surface area contributed by atoms with Crippen LogP contribution in [-0.4, -0.2) is 25.0 Å². The number of esters is 1. The molecule has 0 spiro atoms. The predicted octanol–water partition coefficient (Wildman–Crippen LogP) is 5.71. The molecule has 8 heteroatoms. The van der Waals surface area contributed by atoms with Crippen molar-refractivity contribution in [3.63, 3.8) is 0 Å². The zero-order chi connectivity index (χ0) is 21.2. The molecule has 1 heterocycles. The van der Waals surface area contributed by atoms with E-state index in [4.69, 9.17) is 16.3 Å². The molecule has 3 rings (SSSR count). The van der Waals surface area contributed by atoms with Crippen LogP contribution in [0.3, 0.4) is 0 Å². The van der Waals surface area contributed by atoms with Gasteiger partial charge in [-0.2, -0.15) is 13.2 Å². The van der Waals surface area contributed by atoms with Crippen molar-refractivity contribution in [3.8, 4) is 17.0 Å². The molecular weight excluding hydrogens is 405 g/mol. The van der Waals surface area contributed by atoms with Gasteiger partial charge >= 0.3 is 12.1 Å². The van der Waals surface area contributed by atoms with E-state index in [0.29, 0.717) is 16.3 Å². The van der Waals surface area contributed by atoms with Gasteiger partial charge in [0.15, 0.2) is 0 Å². The van der Waals surface area contributed by atoms with Crippen molar-refractivity contribution in [2.45, 2.75) is 6.18 Å². The van der Waals surface area contributed by atoms with E-state index in [1.165, 1.54) is 17.0 Å². The van der Waals surface area contributed by atoms with Gasteiger partial charge in [-0.1, -0.05) is 23.7 Å². The van der Waals surface area contributed by atoms with Crippen LogP contribution >= 0.6 is 11.6 Å². The molecule has 1 aromatic heterocycles. The maximum absolute atomic E-state index is 13.3. The van der Waals surface area contributed by atoms with E-state index in [9.17, 15) is 18.0 Å². The summed E-state index contributed by atoms with van der Waals surface area (Å²) in [5, 5.41) is 0.499. The van der Waals surface area contributed by atoms with Gasteiger partial charge < -0.3 is 9.64 Å². The first-order chi connectivity index (χ1) is 13.6. The summed E-state index contributed by atoms with van der Waals surface area (Å²) in [6.07, 6.45) is -4.52. The second-order valence-corrected chi connectivity index (χ2v) is 6.85. The number of pyridine rings is 1. The van der Waals surface area contributed by atoms with E-state index in [1.807, 2.05) is 0 Å². The number of nitrogens with zero attached hydrogens (tertiary/aromatic N) is 2. The van der Waals surface area contributed by atoms with Gasteiger partial charge in [0.2, 0.25) is 0 Å². The third-order valence-electron chi connectivity index (χ3n) is 4.02. The smallest absolute Gasteiger partial charge is 0.416 e. The Labute approximate surface area is 170 Å². The summed E-state index contributed by atoms with van der Waals surface area (Å²) in [6.45, 7) is 0. The fourth-order valence-electron chi connectivity index (χ4n) is 2.53. The number of rotatable bonds is 4. The lowest BCUT2D eigenvalue weighted by Crippen LogP contribution is -2.14. The van der Waals surface area contributed by atoms with E-state index in [1.54, 1.807) is 50.5 Å². The SMILES string of the molecule is CN(C)c1cc(C(F)(F)F)cc(-c2cccc(C(=O)Oc3ccc(Cl)cc3)c2)n1. The molecule has 150 valence electrons. The lowest BCUT2D eigenvalue weighted by molar-refractivity contribution is -0.137. The average molecular weight is 421 g/mol. The highest BCUT2D eigenvalue weighted by Crippen LogP contribution is 2.34. The van der Waals surface area contributed by atoms with Gasteiger partial charge in [0.25, 0.3) is 0 Å². The van der Waals surface area contributed by atoms with Gasteiger partial charge in [-0.25, -0.2) is 9.78 Å². The predicted molar refractivity (Wildman–Crippen MR) is 105 cm³/mol. The number of anilines is 1. The van der Waals surface area contributed by atoms with Gasteiger partial charge in [0.05, 0.1) is 16.8 Å². The standard InChI is InChI=1S/C21H16ClF3N2O2/c1-27(2)19-12-15(21(23,24)25)11-18(26-19)13-4-3-5-14(10-13)20(28)29-17-8-6-16(22)7-9-17/h3-12H,1-2H3. The van der Waals surface area contributed by atoms with E-state index in [-0.39, 0.29) is 17.1 Å². The van der Waals surface area contributed by atoms with Crippen molar-refractivity contribution in [3.05, 3.63) is 76.8 Å². The fraction of sp³-hybridized carbons (Fsp3) is 0.143. The molecular formula is C21H16ClF3N2O2. The highest BCUT2D eigenvalue weighted by atomic mass is 35.5. The van der Waals surface area contributed by atoms with Gasteiger partial charge in [-0.15, -0.1) is 0 Å². The number of carbonyl (C=O) groups is 1. The Bertz CT molecular complexity index is 1030. The number of carbonyl (C=O) groups excluding carboxylic acids is 1. The molecule has 0 aliphatic heterocycles. The average Bonchev–Trinajstić information content (AvgIpc) is 2.68. The molecule has 0 saturated carbocycles. The fourth-order valence-corrected chi connectivity index (χ4v) is 2.66. The second kappa shape index (κ2) is 8.13. The Balaban J connectivity index is 1.95. The number of halogens is 4. The van der Waals surface area contributed by atoms with Crippen LogP contribution in [0, 0.1) is 0 Å². The monoisotopic (exact) mass is 420 g/mol. The Hall–Kier alpha value is -3.06. The van der Waals surface area contributed by atoms with Crippen LogP contribution in [-0.2, 0) is 6.18 Å². The van der Waals surface area contributed by atoms with E-state index in [2.05, 4.69) is 4.98 Å². The van der Waals surface area contributed by atoms with E-state index >= 15 is 0 Å². The topological polar surface area (TPSA) is 42.4 Å². The molecule has 0 radical (unpaired) electrons. The first-order valence-electron chi connectivity index (χ1n) is 8.48. The molecule has 4 nitrogen and oxygen atoms in total. The molecule has 0 amide bonds. The van der Waals surface area contributed by atoms with Crippen LogP contribution in [0.1, 0.15) is 15.9 Å². The molecule has 0 N–H and O–H groups in total. The maximum Gasteiger partial charge on any atom is 0.416 e. The van der Waals surface area contributed by atoms with Crippen molar-refractivity contribution in [2.75, 3.05) is 19.0 Å². The largest absolute Gasteiger partial charge is 0.423 e. The Morgan fingerprint density at radius 3 is 2.34 bits per heavy atom. The Kier molecular flexibility index (Phi) is 5.79. The van der Waals surface area contributed by atoms with Crippen LogP contribution in [0.15, 0.2) is 60.7 Å². The lowest BCUT2D eigenvalue weighted by Gasteiger charge is -2.16. The normalized spacial score (nSPS) is 11.2. The molecule has 0 aliphatic rings. The quantitative estimate of drug-likeness (QED) is 0.400. The molecule has 0 unspecified atom stereocenters. The first-order valence-corrected chi connectivity index (χ1v) is 8.86. The molecule has 29 heavy (non-hydrogen) atoms. The Morgan fingerprint density at radius 1 is 1.03 bits per heavy atom.